The molecule has 5 N–H and O–H groups in total. The number of carbonyl (C=O) groups excluding carboxylic acids is 2. The third kappa shape index (κ3) is 5.54. The predicted octanol–water partition coefficient (Wildman–Crippen LogP) is 3.49. The fraction of sp³-hybridized carbons (Fsp3) is 0.182. The van der Waals surface area contributed by atoms with Gasteiger partial charge in [0, 0.05) is 31.0 Å². The molecule has 8 heteroatoms. The first-order valence-corrected chi connectivity index (χ1v) is 9.52. The van der Waals surface area contributed by atoms with E-state index in [0.717, 1.165) is 0 Å². The highest BCUT2D eigenvalue weighted by Crippen LogP contribution is 2.21. The van der Waals surface area contributed by atoms with Gasteiger partial charge in [0.1, 0.15) is 5.82 Å². The van der Waals surface area contributed by atoms with Crippen molar-refractivity contribution in [1.82, 2.24) is 9.97 Å². The molecule has 154 valence electrons. The molecule has 0 spiro atoms. The second kappa shape index (κ2) is 9.51. The van der Waals surface area contributed by atoms with Crippen LogP contribution in [0.2, 0.25) is 0 Å². The quantitative estimate of drug-likeness (QED) is 0.456. The lowest BCUT2D eigenvalue weighted by atomic mass is 10.0. The Hall–Kier alpha value is -3.94. The number of primary amides is 1. The van der Waals surface area contributed by atoms with E-state index in [0.29, 0.717) is 29.7 Å². The molecule has 3 rings (SSSR count). The summed E-state index contributed by atoms with van der Waals surface area (Å²) in [5.74, 6) is 0.0978. The Kier molecular flexibility index (Phi) is 6.59. The number of anilines is 4. The van der Waals surface area contributed by atoms with Crippen LogP contribution in [-0.4, -0.2) is 28.3 Å². The van der Waals surface area contributed by atoms with E-state index in [4.69, 9.17) is 5.73 Å². The van der Waals surface area contributed by atoms with Crippen molar-refractivity contribution >= 4 is 35.0 Å². The third-order valence-corrected chi connectivity index (χ3v) is 4.44. The Bertz CT molecular complexity index is 1040. The minimum Gasteiger partial charge on any atom is -0.369 e. The highest BCUT2D eigenvalue weighted by atomic mass is 16.1. The molecule has 2 aromatic carbocycles. The van der Waals surface area contributed by atoms with Gasteiger partial charge in [-0.2, -0.15) is 4.98 Å². The highest BCUT2D eigenvalue weighted by molar-refractivity contribution is 5.97. The molecule has 0 unspecified atom stereocenters. The standard InChI is InChI=1S/C22H24N6O2/c1-14(16-7-4-3-5-8-16)12-24-21-19(20(23)30)13-25-22(28-21)27-18-10-6-9-17(11-18)26-15(2)29/h3-11,13-14H,12H2,1-2H3,(H2,23,30)(H,26,29)(H2,24,25,27,28)/t14-/m1/s1. The number of amides is 2. The second-order valence-corrected chi connectivity index (χ2v) is 6.90. The van der Waals surface area contributed by atoms with E-state index in [-0.39, 0.29) is 17.4 Å². The number of hydrogen-bond acceptors (Lipinski definition) is 6. The van der Waals surface area contributed by atoms with Crippen LogP contribution in [-0.2, 0) is 4.79 Å². The van der Waals surface area contributed by atoms with Crippen LogP contribution in [0.15, 0.2) is 60.8 Å². The van der Waals surface area contributed by atoms with E-state index in [9.17, 15) is 9.59 Å². The first-order chi connectivity index (χ1) is 14.4. The zero-order valence-electron chi connectivity index (χ0n) is 16.8. The molecule has 0 aliphatic rings. The largest absolute Gasteiger partial charge is 0.369 e. The van der Waals surface area contributed by atoms with Crippen molar-refractivity contribution in [2.45, 2.75) is 19.8 Å². The van der Waals surface area contributed by atoms with Crippen LogP contribution in [0.3, 0.4) is 0 Å². The maximum atomic E-state index is 11.8. The number of aromatic nitrogens is 2. The van der Waals surface area contributed by atoms with Crippen LogP contribution in [0.5, 0.6) is 0 Å². The van der Waals surface area contributed by atoms with Crippen molar-refractivity contribution in [2.24, 2.45) is 5.73 Å². The van der Waals surface area contributed by atoms with Crippen molar-refractivity contribution in [3.8, 4) is 0 Å². The van der Waals surface area contributed by atoms with Crippen LogP contribution >= 0.6 is 0 Å². The van der Waals surface area contributed by atoms with Gasteiger partial charge in [-0.05, 0) is 29.7 Å². The summed E-state index contributed by atoms with van der Waals surface area (Å²) in [5.41, 5.74) is 8.21. The second-order valence-electron chi connectivity index (χ2n) is 6.90. The van der Waals surface area contributed by atoms with Gasteiger partial charge in [-0.1, -0.05) is 43.3 Å². The number of hydrogen-bond donors (Lipinski definition) is 4. The van der Waals surface area contributed by atoms with Crippen molar-refractivity contribution in [3.05, 3.63) is 71.9 Å². The molecule has 0 aliphatic heterocycles. The van der Waals surface area contributed by atoms with E-state index in [1.807, 2.05) is 24.3 Å². The van der Waals surface area contributed by atoms with Gasteiger partial charge >= 0.3 is 0 Å². The highest BCUT2D eigenvalue weighted by Gasteiger charge is 2.14. The summed E-state index contributed by atoms with van der Waals surface area (Å²) in [5, 5.41) is 9.01. The molecule has 0 saturated carbocycles. The van der Waals surface area contributed by atoms with Gasteiger partial charge in [-0.3, -0.25) is 9.59 Å². The van der Waals surface area contributed by atoms with E-state index < -0.39 is 5.91 Å². The lowest BCUT2D eigenvalue weighted by Crippen LogP contribution is -2.19. The Morgan fingerprint density at radius 3 is 2.50 bits per heavy atom. The average molecular weight is 404 g/mol. The first kappa shape index (κ1) is 20.8. The number of nitrogens with one attached hydrogen (secondary N) is 3. The first-order valence-electron chi connectivity index (χ1n) is 9.52. The normalized spacial score (nSPS) is 11.4. The van der Waals surface area contributed by atoms with Gasteiger partial charge in [0.2, 0.25) is 11.9 Å². The lowest BCUT2D eigenvalue weighted by Gasteiger charge is -2.16. The molecule has 1 heterocycles. The average Bonchev–Trinajstić information content (AvgIpc) is 2.72. The smallest absolute Gasteiger partial charge is 0.254 e. The minimum absolute atomic E-state index is 0.159. The summed E-state index contributed by atoms with van der Waals surface area (Å²) in [6, 6.07) is 17.2. The molecule has 0 fully saturated rings. The SMILES string of the molecule is CC(=O)Nc1cccc(Nc2ncc(C(N)=O)c(NC[C@@H](C)c3ccccc3)n2)c1. The van der Waals surface area contributed by atoms with E-state index in [1.165, 1.54) is 18.7 Å². The van der Waals surface area contributed by atoms with E-state index in [2.05, 4.69) is 45.0 Å². The van der Waals surface area contributed by atoms with Crippen LogP contribution in [0, 0.1) is 0 Å². The summed E-state index contributed by atoms with van der Waals surface area (Å²) in [6.45, 7) is 4.10. The van der Waals surface area contributed by atoms with Gasteiger partial charge in [0.05, 0.1) is 5.56 Å². The van der Waals surface area contributed by atoms with Crippen molar-refractivity contribution in [1.29, 1.82) is 0 Å². The molecule has 1 atom stereocenters. The Morgan fingerprint density at radius 2 is 1.80 bits per heavy atom. The molecule has 30 heavy (non-hydrogen) atoms. The van der Waals surface area contributed by atoms with Crippen LogP contribution < -0.4 is 21.7 Å². The fourth-order valence-corrected chi connectivity index (χ4v) is 2.91. The van der Waals surface area contributed by atoms with Crippen LogP contribution in [0.25, 0.3) is 0 Å². The van der Waals surface area contributed by atoms with Crippen molar-refractivity contribution in [3.63, 3.8) is 0 Å². The predicted molar refractivity (Wildman–Crippen MR) is 118 cm³/mol. The number of rotatable bonds is 8. The third-order valence-electron chi connectivity index (χ3n) is 4.44. The Balaban J connectivity index is 1.77. The minimum atomic E-state index is -0.607. The summed E-state index contributed by atoms with van der Waals surface area (Å²) in [4.78, 5) is 31.7. The molecule has 0 radical (unpaired) electrons. The maximum Gasteiger partial charge on any atom is 0.254 e. The van der Waals surface area contributed by atoms with Crippen LogP contribution in [0.4, 0.5) is 23.1 Å². The van der Waals surface area contributed by atoms with E-state index >= 15 is 0 Å². The van der Waals surface area contributed by atoms with Gasteiger partial charge in [0.25, 0.3) is 5.91 Å². The molecule has 0 bridgehead atoms. The van der Waals surface area contributed by atoms with Crippen molar-refractivity contribution in [2.75, 3.05) is 22.5 Å². The molecular formula is C22H24N6O2. The van der Waals surface area contributed by atoms with Crippen molar-refractivity contribution < 1.29 is 9.59 Å². The number of benzene rings is 2. The Labute approximate surface area is 174 Å². The molecule has 3 aromatic rings. The molecule has 0 saturated heterocycles. The monoisotopic (exact) mass is 404 g/mol. The summed E-state index contributed by atoms with van der Waals surface area (Å²) < 4.78 is 0. The van der Waals surface area contributed by atoms with Gasteiger partial charge in [-0.15, -0.1) is 0 Å². The fourth-order valence-electron chi connectivity index (χ4n) is 2.91. The zero-order valence-corrected chi connectivity index (χ0v) is 16.8. The van der Waals surface area contributed by atoms with Gasteiger partial charge in [-0.25, -0.2) is 4.98 Å². The maximum absolute atomic E-state index is 11.8. The summed E-state index contributed by atoms with van der Waals surface area (Å²) in [6.07, 6.45) is 1.39. The number of carbonyl (C=O) groups is 2. The van der Waals surface area contributed by atoms with E-state index in [1.54, 1.807) is 18.2 Å². The number of nitrogens with two attached hydrogens (primary N) is 1. The lowest BCUT2D eigenvalue weighted by molar-refractivity contribution is -0.114. The van der Waals surface area contributed by atoms with Crippen LogP contribution in [0.1, 0.15) is 35.7 Å². The Morgan fingerprint density at radius 1 is 1.07 bits per heavy atom. The van der Waals surface area contributed by atoms with Gasteiger partial charge in [0.15, 0.2) is 0 Å². The zero-order chi connectivity index (χ0) is 21.5. The molecule has 8 nitrogen and oxygen atoms in total. The molecular weight excluding hydrogens is 380 g/mol. The molecule has 2 amide bonds. The molecule has 1 aromatic heterocycles. The summed E-state index contributed by atoms with van der Waals surface area (Å²) in [7, 11) is 0. The number of nitrogens with zero attached hydrogens (tertiary/aromatic N) is 2. The molecule has 0 aliphatic carbocycles. The van der Waals surface area contributed by atoms with Gasteiger partial charge < -0.3 is 21.7 Å². The topological polar surface area (TPSA) is 122 Å². The summed E-state index contributed by atoms with van der Waals surface area (Å²) >= 11 is 0.